The van der Waals surface area contributed by atoms with Crippen molar-refractivity contribution < 1.29 is 26.0 Å². The van der Waals surface area contributed by atoms with Gasteiger partial charge in [-0.3, -0.25) is 0 Å². The third-order valence-electron chi connectivity index (χ3n) is 6.08. The van der Waals surface area contributed by atoms with Gasteiger partial charge in [0.2, 0.25) is 16.0 Å². The average molecular weight is 576 g/mol. The predicted molar refractivity (Wildman–Crippen MR) is 135 cm³/mol. The van der Waals surface area contributed by atoms with Gasteiger partial charge in [-0.15, -0.1) is 0 Å². The molecule has 0 saturated carbocycles. The van der Waals surface area contributed by atoms with Gasteiger partial charge in [-0.1, -0.05) is 24.6 Å². The van der Waals surface area contributed by atoms with E-state index in [1.54, 1.807) is 12.1 Å². The number of hydrogen-bond donors (Lipinski definition) is 2. The van der Waals surface area contributed by atoms with E-state index in [1.165, 1.54) is 17.1 Å². The molecule has 9 nitrogen and oxygen atoms in total. The van der Waals surface area contributed by atoms with Gasteiger partial charge in [0.25, 0.3) is 0 Å². The molecule has 0 spiro atoms. The Morgan fingerprint density at radius 2 is 2.00 bits per heavy atom. The summed E-state index contributed by atoms with van der Waals surface area (Å²) in [6.45, 7) is 3.06. The molecule has 3 aromatic rings. The summed E-state index contributed by atoms with van der Waals surface area (Å²) in [7, 11) is -3.56. The van der Waals surface area contributed by atoms with Gasteiger partial charge in [-0.05, 0) is 30.7 Å². The van der Waals surface area contributed by atoms with E-state index in [1.807, 2.05) is 13.0 Å². The summed E-state index contributed by atoms with van der Waals surface area (Å²) < 4.78 is 82.0. The first kappa shape index (κ1) is 28.2. The number of sulfonamides is 1. The highest BCUT2D eigenvalue weighted by Gasteiger charge is 2.37. The number of alkyl halides is 4. The molecule has 0 unspecified atom stereocenters. The van der Waals surface area contributed by atoms with Crippen LogP contribution in [0.3, 0.4) is 0 Å². The monoisotopic (exact) mass is 575 g/mol. The summed E-state index contributed by atoms with van der Waals surface area (Å²) in [6, 6.07) is 4.47. The number of imidazole rings is 1. The van der Waals surface area contributed by atoms with Gasteiger partial charge in [0.15, 0.2) is 0 Å². The minimum atomic E-state index is -4.77. The van der Waals surface area contributed by atoms with E-state index in [2.05, 4.69) is 25.6 Å². The van der Waals surface area contributed by atoms with Gasteiger partial charge in [-0.2, -0.15) is 17.5 Å². The fourth-order valence-corrected chi connectivity index (χ4v) is 5.23. The standard InChI is InChI=1S/C23H26ClF4N7O2S/c1-3-29-9-14-4-5-20(16(24)8-14)34-12-19(31-13-34)21-15(23(26,27)28)10-30-22(33-21)32-18-6-7-35(11-17(18)25)38(2,36)37/h4-5,8,10,12-13,17-18,29H,3,6-7,9,11H2,1-2H3,(H,30,32,33)/t17-,18-/m1/s1. The molecular weight excluding hydrogens is 550 g/mol. The Hall–Kier alpha value is -2.81. The zero-order valence-electron chi connectivity index (χ0n) is 20.5. The second kappa shape index (κ2) is 11.1. The van der Waals surface area contributed by atoms with Crippen LogP contribution in [0.5, 0.6) is 0 Å². The number of benzene rings is 1. The number of nitrogens with zero attached hydrogens (tertiary/aromatic N) is 5. The molecule has 38 heavy (non-hydrogen) atoms. The van der Waals surface area contributed by atoms with Crippen LogP contribution in [0.1, 0.15) is 24.5 Å². The van der Waals surface area contributed by atoms with Crippen molar-refractivity contribution in [3.63, 3.8) is 0 Å². The van der Waals surface area contributed by atoms with Gasteiger partial charge < -0.3 is 15.2 Å². The number of rotatable bonds is 8. The third-order valence-corrected chi connectivity index (χ3v) is 7.65. The highest BCUT2D eigenvalue weighted by molar-refractivity contribution is 7.88. The lowest BCUT2D eigenvalue weighted by atomic mass is 10.1. The van der Waals surface area contributed by atoms with E-state index in [4.69, 9.17) is 11.6 Å². The first-order valence-corrected chi connectivity index (χ1v) is 13.9. The number of halogens is 5. The topological polar surface area (TPSA) is 105 Å². The van der Waals surface area contributed by atoms with Crippen LogP contribution < -0.4 is 10.6 Å². The summed E-state index contributed by atoms with van der Waals surface area (Å²) in [4.78, 5) is 11.9. The van der Waals surface area contributed by atoms with Crippen LogP contribution in [-0.4, -0.2) is 70.3 Å². The molecule has 0 aliphatic carbocycles. The zero-order valence-corrected chi connectivity index (χ0v) is 22.1. The minimum absolute atomic E-state index is 0.0584. The Balaban J connectivity index is 1.61. The van der Waals surface area contributed by atoms with Crippen molar-refractivity contribution in [3.05, 3.63) is 53.1 Å². The Morgan fingerprint density at radius 3 is 2.63 bits per heavy atom. The predicted octanol–water partition coefficient (Wildman–Crippen LogP) is 3.89. The molecule has 2 aromatic heterocycles. The number of hydrogen-bond acceptors (Lipinski definition) is 7. The summed E-state index contributed by atoms with van der Waals surface area (Å²) in [5.41, 5.74) is -0.217. The number of aromatic nitrogens is 4. The maximum Gasteiger partial charge on any atom is 0.420 e. The lowest BCUT2D eigenvalue weighted by molar-refractivity contribution is -0.137. The minimum Gasteiger partial charge on any atom is -0.348 e. The van der Waals surface area contributed by atoms with Crippen LogP contribution in [0.2, 0.25) is 5.02 Å². The van der Waals surface area contributed by atoms with Crippen LogP contribution in [0.4, 0.5) is 23.5 Å². The molecule has 1 aliphatic rings. The molecular formula is C23H26ClF4N7O2S. The van der Waals surface area contributed by atoms with Crippen molar-refractivity contribution in [3.8, 4) is 17.1 Å². The second-order valence-electron chi connectivity index (χ2n) is 8.86. The first-order chi connectivity index (χ1) is 17.9. The van der Waals surface area contributed by atoms with Crippen LogP contribution >= 0.6 is 11.6 Å². The molecule has 1 aliphatic heterocycles. The molecule has 3 heterocycles. The Labute approximate surface area is 222 Å². The van der Waals surface area contributed by atoms with E-state index in [0.717, 1.165) is 22.7 Å². The molecule has 4 rings (SSSR count). The fraction of sp³-hybridized carbons (Fsp3) is 0.435. The highest BCUT2D eigenvalue weighted by atomic mass is 35.5. The van der Waals surface area contributed by atoms with Gasteiger partial charge in [0.05, 0.1) is 23.0 Å². The molecule has 2 atom stereocenters. The van der Waals surface area contributed by atoms with Crippen LogP contribution in [-0.2, 0) is 22.7 Å². The summed E-state index contributed by atoms with van der Waals surface area (Å²) >= 11 is 6.42. The zero-order chi connectivity index (χ0) is 27.7. The average Bonchev–Trinajstić information content (AvgIpc) is 3.32. The quantitative estimate of drug-likeness (QED) is 0.393. The normalized spacial score (nSPS) is 19.0. The van der Waals surface area contributed by atoms with Crippen LogP contribution in [0.25, 0.3) is 17.1 Å². The lowest BCUT2D eigenvalue weighted by Gasteiger charge is -2.33. The second-order valence-corrected chi connectivity index (χ2v) is 11.3. The summed E-state index contributed by atoms with van der Waals surface area (Å²) in [5.74, 6) is -0.228. The number of piperidine rings is 1. The molecule has 0 amide bonds. The van der Waals surface area contributed by atoms with Crippen LogP contribution in [0.15, 0.2) is 36.9 Å². The molecule has 15 heteroatoms. The van der Waals surface area contributed by atoms with Crippen molar-refractivity contribution in [2.24, 2.45) is 0 Å². The molecule has 1 saturated heterocycles. The van der Waals surface area contributed by atoms with Crippen molar-refractivity contribution in [2.45, 2.75) is 38.3 Å². The molecule has 1 aromatic carbocycles. The number of anilines is 1. The van der Waals surface area contributed by atoms with Crippen molar-refractivity contribution in [2.75, 3.05) is 31.2 Å². The van der Waals surface area contributed by atoms with Crippen molar-refractivity contribution in [1.82, 2.24) is 29.1 Å². The molecule has 0 bridgehead atoms. The van der Waals surface area contributed by atoms with Crippen molar-refractivity contribution in [1.29, 1.82) is 0 Å². The van der Waals surface area contributed by atoms with Gasteiger partial charge in [-0.25, -0.2) is 27.8 Å². The van der Waals surface area contributed by atoms with Crippen molar-refractivity contribution >= 4 is 27.6 Å². The molecule has 2 N–H and O–H groups in total. The maximum atomic E-state index is 14.7. The molecule has 0 radical (unpaired) electrons. The lowest BCUT2D eigenvalue weighted by Crippen LogP contribution is -2.49. The Kier molecular flexibility index (Phi) is 8.26. The summed E-state index contributed by atoms with van der Waals surface area (Å²) in [6.07, 6.45) is -1.99. The number of nitrogens with one attached hydrogen (secondary N) is 2. The summed E-state index contributed by atoms with van der Waals surface area (Å²) in [5, 5.41) is 6.29. The van der Waals surface area contributed by atoms with E-state index >= 15 is 0 Å². The van der Waals surface area contributed by atoms with E-state index in [-0.39, 0.29) is 31.2 Å². The molecule has 1 fully saturated rings. The third kappa shape index (κ3) is 6.42. The first-order valence-electron chi connectivity index (χ1n) is 11.7. The SMILES string of the molecule is CCNCc1ccc(-n2cnc(-c3nc(N[C@@H]4CCN(S(C)(=O)=O)C[C@H]4F)ncc3C(F)(F)F)c2)c(Cl)c1. The van der Waals surface area contributed by atoms with Gasteiger partial charge in [0, 0.05) is 32.0 Å². The smallest absolute Gasteiger partial charge is 0.348 e. The van der Waals surface area contributed by atoms with Crippen LogP contribution in [0, 0.1) is 0 Å². The highest BCUT2D eigenvalue weighted by Crippen LogP contribution is 2.36. The Bertz CT molecular complexity index is 1400. The van der Waals surface area contributed by atoms with E-state index in [9.17, 15) is 26.0 Å². The van der Waals surface area contributed by atoms with E-state index < -0.39 is 39.7 Å². The van der Waals surface area contributed by atoms with E-state index in [0.29, 0.717) is 23.5 Å². The van der Waals surface area contributed by atoms with Gasteiger partial charge >= 0.3 is 6.18 Å². The fourth-order valence-electron chi connectivity index (χ4n) is 4.08. The van der Waals surface area contributed by atoms with Gasteiger partial charge in [0.1, 0.15) is 29.5 Å². The largest absolute Gasteiger partial charge is 0.420 e. The Morgan fingerprint density at radius 1 is 1.24 bits per heavy atom. The molecule has 206 valence electrons. The maximum absolute atomic E-state index is 14.7.